The van der Waals surface area contributed by atoms with Gasteiger partial charge in [-0.3, -0.25) is 0 Å². The fourth-order valence-corrected chi connectivity index (χ4v) is 2.42. The number of aromatic nitrogens is 2. The lowest BCUT2D eigenvalue weighted by Crippen LogP contribution is -2.26. The highest BCUT2D eigenvalue weighted by molar-refractivity contribution is 5.59. The maximum atomic E-state index is 13.0. The van der Waals surface area contributed by atoms with Crippen molar-refractivity contribution in [2.75, 3.05) is 18.0 Å². The van der Waals surface area contributed by atoms with Gasteiger partial charge in [0.05, 0.1) is 5.69 Å². The monoisotopic (exact) mass is 270 g/mol. The van der Waals surface area contributed by atoms with E-state index in [9.17, 15) is 13.2 Å². The summed E-state index contributed by atoms with van der Waals surface area (Å²) < 4.78 is 40.5. The minimum Gasteiger partial charge on any atom is -0.369 e. The van der Waals surface area contributed by atoms with Gasteiger partial charge >= 0.3 is 6.18 Å². The van der Waals surface area contributed by atoms with Crippen molar-refractivity contribution < 1.29 is 13.2 Å². The maximum absolute atomic E-state index is 13.0. The van der Waals surface area contributed by atoms with E-state index in [4.69, 9.17) is 5.73 Å². The average Bonchev–Trinajstić information content (AvgIpc) is 2.94. The Labute approximate surface area is 107 Å². The molecule has 3 rings (SSSR count). The lowest BCUT2D eigenvalue weighted by Gasteiger charge is -2.20. The molecular weight excluding hydrogens is 257 g/mol. The van der Waals surface area contributed by atoms with Gasteiger partial charge in [0, 0.05) is 37.7 Å². The van der Waals surface area contributed by atoms with Gasteiger partial charge in [-0.25, -0.2) is 4.98 Å². The molecule has 0 saturated carbocycles. The van der Waals surface area contributed by atoms with Gasteiger partial charge in [0.25, 0.3) is 0 Å². The normalized spacial score (nSPS) is 20.4. The molecule has 3 heterocycles. The van der Waals surface area contributed by atoms with Crippen LogP contribution in [0.4, 0.5) is 18.9 Å². The quantitative estimate of drug-likeness (QED) is 0.860. The van der Waals surface area contributed by atoms with Gasteiger partial charge in [-0.1, -0.05) is 0 Å². The molecule has 4 nitrogen and oxygen atoms in total. The van der Waals surface area contributed by atoms with Crippen LogP contribution >= 0.6 is 0 Å². The Balaban J connectivity index is 2.11. The van der Waals surface area contributed by atoms with E-state index in [0.29, 0.717) is 18.8 Å². The molecule has 1 unspecified atom stereocenters. The highest BCUT2D eigenvalue weighted by atomic mass is 19.4. The van der Waals surface area contributed by atoms with E-state index < -0.39 is 11.7 Å². The van der Waals surface area contributed by atoms with E-state index >= 15 is 0 Å². The van der Waals surface area contributed by atoms with Gasteiger partial charge < -0.3 is 15.0 Å². The fraction of sp³-hybridized carbons (Fsp3) is 0.417. The molecule has 0 aromatic carbocycles. The van der Waals surface area contributed by atoms with Gasteiger partial charge in [-0.05, 0) is 12.5 Å². The molecule has 0 spiro atoms. The number of pyridine rings is 1. The summed E-state index contributed by atoms with van der Waals surface area (Å²) in [6.45, 7) is 1.26. The molecule has 0 aliphatic carbocycles. The molecule has 7 heteroatoms. The molecule has 102 valence electrons. The van der Waals surface area contributed by atoms with Crippen LogP contribution in [-0.4, -0.2) is 28.5 Å². The smallest absolute Gasteiger partial charge is 0.369 e. The zero-order valence-corrected chi connectivity index (χ0v) is 10.1. The predicted molar refractivity (Wildman–Crippen MR) is 65.0 cm³/mol. The van der Waals surface area contributed by atoms with E-state index in [1.54, 1.807) is 6.20 Å². The first kappa shape index (κ1) is 12.3. The summed E-state index contributed by atoms with van der Waals surface area (Å²) in [6, 6.07) is 1.17. The summed E-state index contributed by atoms with van der Waals surface area (Å²) in [5, 5.41) is 0. The number of imidazole rings is 1. The lowest BCUT2D eigenvalue weighted by molar-refractivity contribution is -0.136. The van der Waals surface area contributed by atoms with Crippen LogP contribution in [0, 0.1) is 0 Å². The maximum Gasteiger partial charge on any atom is 0.420 e. The van der Waals surface area contributed by atoms with E-state index in [0.717, 1.165) is 12.5 Å². The number of hydrogen-bond donors (Lipinski definition) is 1. The first-order valence-corrected chi connectivity index (χ1v) is 5.99. The molecule has 1 atom stereocenters. The Morgan fingerprint density at radius 1 is 1.37 bits per heavy atom. The molecule has 0 amide bonds. The van der Waals surface area contributed by atoms with Crippen LogP contribution in [0.5, 0.6) is 0 Å². The third kappa shape index (κ3) is 2.14. The van der Waals surface area contributed by atoms with Crippen molar-refractivity contribution in [2.45, 2.75) is 18.6 Å². The predicted octanol–water partition coefficient (Wildman–Crippen LogP) is 1.89. The highest BCUT2D eigenvalue weighted by Gasteiger charge is 2.35. The molecule has 1 aliphatic heterocycles. The molecular formula is C12H13F3N4. The molecule has 2 aromatic heterocycles. The third-order valence-electron chi connectivity index (χ3n) is 3.37. The first-order chi connectivity index (χ1) is 8.95. The topological polar surface area (TPSA) is 46.6 Å². The summed E-state index contributed by atoms with van der Waals surface area (Å²) in [5.74, 6) is 0. The molecule has 1 saturated heterocycles. The molecule has 0 bridgehead atoms. The summed E-state index contributed by atoms with van der Waals surface area (Å²) in [4.78, 5) is 5.64. The number of nitrogens with zero attached hydrogens (tertiary/aromatic N) is 3. The number of rotatable bonds is 1. The Morgan fingerprint density at radius 2 is 2.16 bits per heavy atom. The van der Waals surface area contributed by atoms with Crippen LogP contribution in [0.25, 0.3) is 5.65 Å². The zero-order chi connectivity index (χ0) is 13.6. The second-order valence-electron chi connectivity index (χ2n) is 4.76. The minimum atomic E-state index is -4.41. The molecule has 0 radical (unpaired) electrons. The molecule has 1 aliphatic rings. The Hall–Kier alpha value is -1.76. The fourth-order valence-electron chi connectivity index (χ4n) is 2.42. The largest absolute Gasteiger partial charge is 0.420 e. The first-order valence-electron chi connectivity index (χ1n) is 5.99. The summed E-state index contributed by atoms with van der Waals surface area (Å²) >= 11 is 0. The van der Waals surface area contributed by atoms with Crippen LogP contribution in [0.15, 0.2) is 24.7 Å². The molecule has 2 aromatic rings. The number of nitrogens with two attached hydrogens (primary N) is 1. The van der Waals surface area contributed by atoms with Crippen molar-refractivity contribution in [2.24, 2.45) is 5.73 Å². The second-order valence-corrected chi connectivity index (χ2v) is 4.76. The van der Waals surface area contributed by atoms with Crippen molar-refractivity contribution in [3.8, 4) is 0 Å². The third-order valence-corrected chi connectivity index (χ3v) is 3.37. The van der Waals surface area contributed by atoms with E-state index in [2.05, 4.69) is 4.98 Å². The van der Waals surface area contributed by atoms with Crippen LogP contribution in [0.1, 0.15) is 12.0 Å². The van der Waals surface area contributed by atoms with Crippen molar-refractivity contribution in [1.82, 2.24) is 9.38 Å². The summed E-state index contributed by atoms with van der Waals surface area (Å²) in [5.41, 5.74) is 5.55. The van der Waals surface area contributed by atoms with Crippen LogP contribution in [0.3, 0.4) is 0 Å². The van der Waals surface area contributed by atoms with Gasteiger partial charge in [-0.2, -0.15) is 13.2 Å². The Bertz CT molecular complexity index is 605. The van der Waals surface area contributed by atoms with Crippen molar-refractivity contribution in [3.05, 3.63) is 30.2 Å². The van der Waals surface area contributed by atoms with Crippen molar-refractivity contribution in [3.63, 3.8) is 0 Å². The van der Waals surface area contributed by atoms with Gasteiger partial charge in [0.1, 0.15) is 11.2 Å². The zero-order valence-electron chi connectivity index (χ0n) is 10.1. The summed E-state index contributed by atoms with van der Waals surface area (Å²) in [7, 11) is 0. The Kier molecular flexibility index (Phi) is 2.67. The standard InChI is InChI=1S/C12H13F3N4/c13-12(14,15)10-5-9(18-3-1-8(16)6-18)7-19-4-2-17-11(10)19/h2,4-5,7-8H,1,3,6,16H2. The lowest BCUT2D eigenvalue weighted by atomic mass is 10.2. The van der Waals surface area contributed by atoms with Crippen LogP contribution in [0.2, 0.25) is 0 Å². The van der Waals surface area contributed by atoms with E-state index in [1.807, 2.05) is 4.90 Å². The summed E-state index contributed by atoms with van der Waals surface area (Å²) in [6.07, 6.45) is 0.928. The van der Waals surface area contributed by atoms with Crippen molar-refractivity contribution >= 4 is 11.3 Å². The molecule has 1 fully saturated rings. The van der Waals surface area contributed by atoms with Gasteiger partial charge in [-0.15, -0.1) is 0 Å². The number of fused-ring (bicyclic) bond motifs is 1. The number of anilines is 1. The SMILES string of the molecule is NC1CCN(c2cc(C(F)(F)F)c3nccn3c2)C1. The van der Waals surface area contributed by atoms with Gasteiger partial charge in [0.15, 0.2) is 0 Å². The van der Waals surface area contributed by atoms with E-state index in [1.165, 1.54) is 16.8 Å². The number of hydrogen-bond acceptors (Lipinski definition) is 3. The van der Waals surface area contributed by atoms with E-state index in [-0.39, 0.29) is 11.7 Å². The number of halogens is 3. The highest BCUT2D eigenvalue weighted by Crippen LogP contribution is 2.35. The van der Waals surface area contributed by atoms with Crippen molar-refractivity contribution in [1.29, 1.82) is 0 Å². The second kappa shape index (κ2) is 4.12. The van der Waals surface area contributed by atoms with Gasteiger partial charge in [0.2, 0.25) is 0 Å². The molecule has 2 N–H and O–H groups in total. The van der Waals surface area contributed by atoms with Crippen LogP contribution in [-0.2, 0) is 6.18 Å². The minimum absolute atomic E-state index is 0.0211. The van der Waals surface area contributed by atoms with Crippen LogP contribution < -0.4 is 10.6 Å². The Morgan fingerprint density at radius 3 is 2.79 bits per heavy atom. The average molecular weight is 270 g/mol. The number of alkyl halides is 3. The molecule has 19 heavy (non-hydrogen) atoms.